The number of aromatic nitrogens is 3. The first-order chi connectivity index (χ1) is 12.8. The lowest BCUT2D eigenvalue weighted by atomic mass is 10.2. The molecular formula is C19H15N3O3S. The summed E-state index contributed by atoms with van der Waals surface area (Å²) in [4.78, 5) is 4.30. The van der Waals surface area contributed by atoms with Gasteiger partial charge in [-0.2, -0.15) is 0 Å². The van der Waals surface area contributed by atoms with Crippen molar-refractivity contribution in [2.45, 2.75) is 11.0 Å². The molecule has 6 nitrogen and oxygen atoms in total. The second-order valence-electron chi connectivity index (χ2n) is 5.35. The molecule has 0 aliphatic heterocycles. The van der Waals surface area contributed by atoms with Crippen molar-refractivity contribution in [3.05, 3.63) is 66.7 Å². The zero-order chi connectivity index (χ0) is 17.8. The Morgan fingerprint density at radius 1 is 0.962 bits per heavy atom. The third kappa shape index (κ3) is 3.48. The van der Waals surface area contributed by atoms with Crippen molar-refractivity contribution < 1.29 is 13.6 Å². The van der Waals surface area contributed by atoms with Crippen LogP contribution in [0.4, 0.5) is 0 Å². The Balaban J connectivity index is 1.45. The van der Waals surface area contributed by atoms with Gasteiger partial charge < -0.3 is 13.6 Å². The van der Waals surface area contributed by atoms with Crippen LogP contribution < -0.4 is 4.74 Å². The Morgan fingerprint density at radius 2 is 1.77 bits per heavy atom. The Hall–Kier alpha value is -3.06. The second-order valence-corrected chi connectivity index (χ2v) is 6.27. The van der Waals surface area contributed by atoms with Crippen molar-refractivity contribution >= 4 is 11.8 Å². The number of rotatable bonds is 6. The van der Waals surface area contributed by atoms with Crippen LogP contribution in [-0.2, 0) is 5.75 Å². The molecule has 2 aromatic carbocycles. The summed E-state index contributed by atoms with van der Waals surface area (Å²) in [5, 5.41) is 8.61. The minimum atomic E-state index is 0.419. The highest BCUT2D eigenvalue weighted by Crippen LogP contribution is 2.31. The third-order valence-electron chi connectivity index (χ3n) is 3.67. The molecule has 0 spiro atoms. The van der Waals surface area contributed by atoms with Crippen LogP contribution in [0.5, 0.6) is 5.75 Å². The van der Waals surface area contributed by atoms with Gasteiger partial charge in [-0.05, 0) is 12.1 Å². The molecule has 130 valence electrons. The van der Waals surface area contributed by atoms with Gasteiger partial charge in [0.05, 0.1) is 24.6 Å². The van der Waals surface area contributed by atoms with E-state index in [-0.39, 0.29) is 0 Å². The van der Waals surface area contributed by atoms with Crippen LogP contribution in [0.15, 0.2) is 74.9 Å². The van der Waals surface area contributed by atoms with Crippen LogP contribution in [-0.4, -0.2) is 22.3 Å². The van der Waals surface area contributed by atoms with E-state index in [9.17, 15) is 0 Å². The van der Waals surface area contributed by atoms with E-state index in [1.54, 1.807) is 13.3 Å². The molecular weight excluding hydrogens is 350 g/mol. The highest BCUT2D eigenvalue weighted by atomic mass is 32.2. The van der Waals surface area contributed by atoms with E-state index >= 15 is 0 Å². The molecule has 0 bridgehead atoms. The average Bonchev–Trinajstić information content (AvgIpc) is 3.36. The number of ether oxygens (including phenoxy) is 1. The van der Waals surface area contributed by atoms with E-state index in [0.717, 1.165) is 16.9 Å². The summed E-state index contributed by atoms with van der Waals surface area (Å²) in [5.41, 5.74) is 1.75. The molecule has 7 heteroatoms. The van der Waals surface area contributed by atoms with Gasteiger partial charge in [0.15, 0.2) is 5.76 Å². The highest BCUT2D eigenvalue weighted by Gasteiger charge is 2.14. The molecule has 2 aromatic heterocycles. The molecule has 0 aliphatic carbocycles. The van der Waals surface area contributed by atoms with Gasteiger partial charge >= 0.3 is 0 Å². The van der Waals surface area contributed by atoms with Gasteiger partial charge in [0.1, 0.15) is 5.75 Å². The van der Waals surface area contributed by atoms with Crippen LogP contribution in [0.2, 0.25) is 0 Å². The van der Waals surface area contributed by atoms with Gasteiger partial charge in [-0.25, -0.2) is 4.98 Å². The van der Waals surface area contributed by atoms with Crippen molar-refractivity contribution in [3.63, 3.8) is 0 Å². The van der Waals surface area contributed by atoms with E-state index in [0.29, 0.717) is 28.5 Å². The van der Waals surface area contributed by atoms with Gasteiger partial charge in [0, 0.05) is 5.56 Å². The molecule has 0 saturated heterocycles. The number of nitrogens with zero attached hydrogens (tertiary/aromatic N) is 3. The normalized spacial score (nSPS) is 10.8. The molecule has 0 atom stereocenters. The van der Waals surface area contributed by atoms with Gasteiger partial charge in [-0.15, -0.1) is 10.2 Å². The maximum absolute atomic E-state index is 5.78. The first-order valence-electron chi connectivity index (χ1n) is 7.93. The summed E-state index contributed by atoms with van der Waals surface area (Å²) < 4.78 is 16.8. The van der Waals surface area contributed by atoms with Crippen molar-refractivity contribution in [2.75, 3.05) is 7.11 Å². The smallest absolute Gasteiger partial charge is 0.277 e. The lowest BCUT2D eigenvalue weighted by molar-refractivity contribution is 0.411. The number of benzene rings is 2. The fourth-order valence-electron chi connectivity index (χ4n) is 2.43. The lowest BCUT2D eigenvalue weighted by Crippen LogP contribution is -1.87. The Bertz CT molecular complexity index is 998. The number of hydrogen-bond donors (Lipinski definition) is 0. The lowest BCUT2D eigenvalue weighted by Gasteiger charge is -2.03. The molecule has 0 unspecified atom stereocenters. The van der Waals surface area contributed by atoms with E-state index < -0.39 is 0 Å². The molecule has 0 N–H and O–H groups in total. The summed E-state index contributed by atoms with van der Waals surface area (Å²) in [6.45, 7) is 0. The van der Waals surface area contributed by atoms with Gasteiger partial charge in [0.2, 0.25) is 5.89 Å². The van der Waals surface area contributed by atoms with E-state index in [4.69, 9.17) is 13.6 Å². The monoisotopic (exact) mass is 365 g/mol. The summed E-state index contributed by atoms with van der Waals surface area (Å²) in [6, 6.07) is 17.4. The molecule has 2 heterocycles. The topological polar surface area (TPSA) is 74.2 Å². The van der Waals surface area contributed by atoms with Crippen LogP contribution >= 0.6 is 11.8 Å². The average molecular weight is 365 g/mol. The minimum Gasteiger partial charge on any atom is -0.496 e. The van der Waals surface area contributed by atoms with E-state index in [2.05, 4.69) is 15.2 Å². The fraction of sp³-hybridized carbons (Fsp3) is 0.105. The second kappa shape index (κ2) is 7.45. The van der Waals surface area contributed by atoms with Crippen molar-refractivity contribution in [2.24, 2.45) is 0 Å². The predicted molar refractivity (Wildman–Crippen MR) is 97.8 cm³/mol. The summed E-state index contributed by atoms with van der Waals surface area (Å²) in [6.07, 6.45) is 1.72. The summed E-state index contributed by atoms with van der Waals surface area (Å²) in [7, 11) is 1.61. The Labute approximate surface area is 154 Å². The number of hydrogen-bond acceptors (Lipinski definition) is 7. The van der Waals surface area contributed by atoms with E-state index in [1.807, 2.05) is 54.6 Å². The molecule has 0 radical (unpaired) electrons. The zero-order valence-electron chi connectivity index (χ0n) is 14.0. The fourth-order valence-corrected chi connectivity index (χ4v) is 3.05. The molecule has 0 amide bonds. The number of thioether (sulfide) groups is 1. The zero-order valence-corrected chi connectivity index (χ0v) is 14.8. The maximum atomic E-state index is 5.78. The Morgan fingerprint density at radius 3 is 2.62 bits per heavy atom. The van der Waals surface area contributed by atoms with E-state index in [1.165, 1.54) is 11.8 Å². The quantitative estimate of drug-likeness (QED) is 0.459. The standard InChI is InChI=1S/C19H15N3O3S/c1-23-15-10-6-5-9-14(15)18-21-22-19(25-18)26-12-17-20-11-16(24-17)13-7-3-2-4-8-13/h2-11H,12H2,1H3. The molecule has 4 aromatic rings. The number of methoxy groups -OCH3 is 1. The first-order valence-corrected chi connectivity index (χ1v) is 8.92. The molecule has 0 fully saturated rings. The highest BCUT2D eigenvalue weighted by molar-refractivity contribution is 7.98. The largest absolute Gasteiger partial charge is 0.496 e. The maximum Gasteiger partial charge on any atom is 0.277 e. The van der Waals surface area contributed by atoms with Crippen molar-refractivity contribution in [3.8, 4) is 28.5 Å². The van der Waals surface area contributed by atoms with Gasteiger partial charge in [0.25, 0.3) is 11.1 Å². The van der Waals surface area contributed by atoms with Crippen molar-refractivity contribution in [1.29, 1.82) is 0 Å². The van der Waals surface area contributed by atoms with Crippen LogP contribution in [0.1, 0.15) is 5.89 Å². The number of oxazole rings is 1. The summed E-state index contributed by atoms with van der Waals surface area (Å²) >= 11 is 1.37. The SMILES string of the molecule is COc1ccccc1-c1nnc(SCc2ncc(-c3ccccc3)o2)o1. The van der Waals surface area contributed by atoms with Crippen molar-refractivity contribution in [1.82, 2.24) is 15.2 Å². The third-order valence-corrected chi connectivity index (χ3v) is 4.48. The minimum absolute atomic E-state index is 0.419. The van der Waals surface area contributed by atoms with Gasteiger partial charge in [-0.1, -0.05) is 54.2 Å². The molecule has 0 saturated carbocycles. The molecule has 26 heavy (non-hydrogen) atoms. The van der Waals surface area contributed by atoms with Crippen LogP contribution in [0.3, 0.4) is 0 Å². The predicted octanol–water partition coefficient (Wildman–Crippen LogP) is 4.69. The molecule has 0 aliphatic rings. The molecule has 4 rings (SSSR count). The number of para-hydroxylation sites is 1. The first kappa shape index (κ1) is 16.4. The van der Waals surface area contributed by atoms with Gasteiger partial charge in [-0.3, -0.25) is 0 Å². The Kier molecular flexibility index (Phi) is 4.70. The van der Waals surface area contributed by atoms with Crippen LogP contribution in [0.25, 0.3) is 22.8 Å². The summed E-state index contributed by atoms with van der Waals surface area (Å²) in [5.74, 6) is 2.95. The van der Waals surface area contributed by atoms with Crippen LogP contribution in [0, 0.1) is 0 Å².